The van der Waals surface area contributed by atoms with Crippen LogP contribution in [0.15, 0.2) is 0 Å². The molecule has 1 heterocycles. The molecule has 3 nitrogen and oxygen atoms in total. The summed E-state index contributed by atoms with van der Waals surface area (Å²) in [6, 6.07) is 0. The minimum absolute atomic E-state index is 0.231. The predicted octanol–water partition coefficient (Wildman–Crippen LogP) is 1.96. The van der Waals surface area contributed by atoms with Crippen LogP contribution in [0.5, 0.6) is 0 Å². The maximum atomic E-state index is 11.9. The summed E-state index contributed by atoms with van der Waals surface area (Å²) in [7, 11) is 1.76. The smallest absolute Gasteiger partial charge is 0.152 e. The molecule has 0 aliphatic carbocycles. The second-order valence-corrected chi connectivity index (χ2v) is 5.95. The number of ether oxygens (including phenoxy) is 1. The van der Waals surface area contributed by atoms with E-state index < -0.39 is 0 Å². The molecule has 1 fully saturated rings. The molecular formula is C13H25NO2. The first kappa shape index (κ1) is 13.7. The van der Waals surface area contributed by atoms with Gasteiger partial charge in [0, 0.05) is 19.1 Å². The molecule has 0 amide bonds. The largest absolute Gasteiger partial charge is 0.380 e. The Labute approximate surface area is 99.1 Å². The third kappa shape index (κ3) is 3.56. The summed E-state index contributed by atoms with van der Waals surface area (Å²) in [5.74, 6) is 0.919. The summed E-state index contributed by atoms with van der Waals surface area (Å²) in [5, 5.41) is 0. The lowest BCUT2D eigenvalue weighted by molar-refractivity contribution is -0.128. The number of carbonyl (C=O) groups is 1. The van der Waals surface area contributed by atoms with Crippen LogP contribution >= 0.6 is 0 Å². The molecule has 2 atom stereocenters. The molecular weight excluding hydrogens is 202 g/mol. The molecule has 0 aromatic rings. The number of carbonyl (C=O) groups excluding carboxylic acids is 1. The van der Waals surface area contributed by atoms with E-state index in [0.717, 1.165) is 19.5 Å². The summed E-state index contributed by atoms with van der Waals surface area (Å²) >= 11 is 0. The second-order valence-electron chi connectivity index (χ2n) is 5.95. The third-order valence-corrected chi connectivity index (χ3v) is 3.48. The summed E-state index contributed by atoms with van der Waals surface area (Å²) < 4.78 is 5.45. The van der Waals surface area contributed by atoms with Gasteiger partial charge in [0.1, 0.15) is 0 Å². The molecule has 1 aliphatic rings. The van der Waals surface area contributed by atoms with Crippen LogP contribution in [0, 0.1) is 11.3 Å². The highest BCUT2D eigenvalue weighted by atomic mass is 16.5. The third-order valence-electron chi connectivity index (χ3n) is 3.48. The van der Waals surface area contributed by atoms with Crippen LogP contribution in [-0.4, -0.2) is 43.5 Å². The molecule has 0 N–H and O–H groups in total. The molecule has 16 heavy (non-hydrogen) atoms. The standard InChI is InChI=1S/C13H25NO2/c1-10-6-7-14(8-11(10)16-5)9-12(15)13(2,3)4/h10-11H,6-9H2,1-5H3. The maximum absolute atomic E-state index is 11.9. The van der Waals surface area contributed by atoms with Gasteiger partial charge in [-0.15, -0.1) is 0 Å². The van der Waals surface area contributed by atoms with Crippen molar-refractivity contribution in [1.29, 1.82) is 0 Å². The van der Waals surface area contributed by atoms with Gasteiger partial charge in [-0.3, -0.25) is 9.69 Å². The highest BCUT2D eigenvalue weighted by Crippen LogP contribution is 2.21. The first-order valence-electron chi connectivity index (χ1n) is 6.13. The van der Waals surface area contributed by atoms with Gasteiger partial charge in [-0.05, 0) is 18.9 Å². The molecule has 1 rings (SSSR count). The van der Waals surface area contributed by atoms with E-state index in [-0.39, 0.29) is 11.5 Å². The van der Waals surface area contributed by atoms with Crippen molar-refractivity contribution in [3.63, 3.8) is 0 Å². The lowest BCUT2D eigenvalue weighted by atomic mass is 9.89. The minimum atomic E-state index is -0.231. The van der Waals surface area contributed by atoms with E-state index in [1.807, 2.05) is 20.8 Å². The Balaban J connectivity index is 2.48. The zero-order valence-electron chi connectivity index (χ0n) is 11.2. The minimum Gasteiger partial charge on any atom is -0.380 e. The normalized spacial score (nSPS) is 28.1. The Bertz CT molecular complexity index is 245. The fraction of sp³-hybridized carbons (Fsp3) is 0.923. The van der Waals surface area contributed by atoms with E-state index in [1.54, 1.807) is 7.11 Å². The number of piperidine rings is 1. The van der Waals surface area contributed by atoms with Crippen molar-refractivity contribution in [2.45, 2.75) is 40.2 Å². The molecule has 0 saturated carbocycles. The Morgan fingerprint density at radius 1 is 1.44 bits per heavy atom. The predicted molar refractivity (Wildman–Crippen MR) is 65.5 cm³/mol. The van der Waals surface area contributed by atoms with Crippen molar-refractivity contribution < 1.29 is 9.53 Å². The summed E-state index contributed by atoms with van der Waals surface area (Å²) in [4.78, 5) is 14.2. The maximum Gasteiger partial charge on any atom is 0.152 e. The van der Waals surface area contributed by atoms with E-state index in [1.165, 1.54) is 0 Å². The quantitative estimate of drug-likeness (QED) is 0.738. The zero-order valence-corrected chi connectivity index (χ0v) is 11.2. The number of rotatable bonds is 3. The number of likely N-dealkylation sites (tertiary alicyclic amines) is 1. The van der Waals surface area contributed by atoms with Gasteiger partial charge in [-0.1, -0.05) is 27.7 Å². The van der Waals surface area contributed by atoms with Gasteiger partial charge in [-0.25, -0.2) is 0 Å². The monoisotopic (exact) mass is 227 g/mol. The van der Waals surface area contributed by atoms with Gasteiger partial charge >= 0.3 is 0 Å². The molecule has 1 aliphatic heterocycles. The molecule has 0 aromatic carbocycles. The summed E-state index contributed by atoms with van der Waals surface area (Å²) in [6.07, 6.45) is 1.40. The van der Waals surface area contributed by atoms with Crippen LogP contribution in [-0.2, 0) is 9.53 Å². The van der Waals surface area contributed by atoms with Crippen LogP contribution in [0.4, 0.5) is 0 Å². The van der Waals surface area contributed by atoms with E-state index in [0.29, 0.717) is 18.2 Å². The van der Waals surface area contributed by atoms with Crippen LogP contribution in [0.25, 0.3) is 0 Å². The van der Waals surface area contributed by atoms with E-state index in [4.69, 9.17) is 4.74 Å². The lowest BCUT2D eigenvalue weighted by Gasteiger charge is -2.36. The molecule has 3 heteroatoms. The van der Waals surface area contributed by atoms with Crippen molar-refractivity contribution in [2.75, 3.05) is 26.7 Å². The average molecular weight is 227 g/mol. The number of methoxy groups -OCH3 is 1. The fourth-order valence-corrected chi connectivity index (χ4v) is 1.99. The van der Waals surface area contributed by atoms with Crippen LogP contribution < -0.4 is 0 Å². The van der Waals surface area contributed by atoms with Crippen molar-refractivity contribution in [3.05, 3.63) is 0 Å². The summed E-state index contributed by atoms with van der Waals surface area (Å²) in [5.41, 5.74) is -0.231. The SMILES string of the molecule is COC1CN(CC(=O)C(C)(C)C)CCC1C. The Morgan fingerprint density at radius 2 is 2.06 bits per heavy atom. The van der Waals surface area contributed by atoms with E-state index >= 15 is 0 Å². The summed E-state index contributed by atoms with van der Waals surface area (Å²) in [6.45, 7) is 10.6. The Morgan fingerprint density at radius 3 is 2.56 bits per heavy atom. The van der Waals surface area contributed by atoms with Crippen LogP contribution in [0.3, 0.4) is 0 Å². The molecule has 2 unspecified atom stereocenters. The zero-order chi connectivity index (χ0) is 12.3. The van der Waals surface area contributed by atoms with Gasteiger partial charge in [0.25, 0.3) is 0 Å². The highest BCUT2D eigenvalue weighted by Gasteiger charge is 2.29. The van der Waals surface area contributed by atoms with Gasteiger partial charge in [-0.2, -0.15) is 0 Å². The topological polar surface area (TPSA) is 29.5 Å². The van der Waals surface area contributed by atoms with Gasteiger partial charge in [0.2, 0.25) is 0 Å². The first-order chi connectivity index (χ1) is 7.34. The highest BCUT2D eigenvalue weighted by molar-refractivity contribution is 5.85. The number of nitrogens with zero attached hydrogens (tertiary/aromatic N) is 1. The molecule has 0 spiro atoms. The van der Waals surface area contributed by atoms with Gasteiger partial charge < -0.3 is 4.74 Å². The molecule has 94 valence electrons. The van der Waals surface area contributed by atoms with E-state index in [9.17, 15) is 4.79 Å². The number of Topliss-reactive ketones (excluding diaryl/α,β-unsaturated/α-hetero) is 1. The molecule has 1 saturated heterocycles. The second kappa shape index (κ2) is 5.28. The Hall–Kier alpha value is -0.410. The van der Waals surface area contributed by atoms with Gasteiger partial charge in [0.15, 0.2) is 5.78 Å². The van der Waals surface area contributed by atoms with Crippen LogP contribution in [0.1, 0.15) is 34.1 Å². The molecule has 0 aromatic heterocycles. The van der Waals surface area contributed by atoms with Gasteiger partial charge in [0.05, 0.1) is 12.6 Å². The lowest BCUT2D eigenvalue weighted by Crippen LogP contribution is -2.47. The van der Waals surface area contributed by atoms with Crippen LogP contribution in [0.2, 0.25) is 0 Å². The number of ketones is 1. The van der Waals surface area contributed by atoms with Crippen molar-refractivity contribution >= 4 is 5.78 Å². The average Bonchev–Trinajstić information content (AvgIpc) is 2.19. The number of hydrogen-bond donors (Lipinski definition) is 0. The fourth-order valence-electron chi connectivity index (χ4n) is 1.99. The van der Waals surface area contributed by atoms with Crippen molar-refractivity contribution in [3.8, 4) is 0 Å². The molecule has 0 bridgehead atoms. The van der Waals surface area contributed by atoms with Crippen molar-refractivity contribution in [1.82, 2.24) is 4.90 Å². The Kier molecular flexibility index (Phi) is 4.51. The number of hydrogen-bond acceptors (Lipinski definition) is 3. The van der Waals surface area contributed by atoms with Crippen molar-refractivity contribution in [2.24, 2.45) is 11.3 Å². The first-order valence-corrected chi connectivity index (χ1v) is 6.13. The molecule has 0 radical (unpaired) electrons. The van der Waals surface area contributed by atoms with E-state index in [2.05, 4.69) is 11.8 Å².